The van der Waals surface area contributed by atoms with Gasteiger partial charge in [-0.3, -0.25) is 29.1 Å². The Balaban J connectivity index is 1.29. The van der Waals surface area contributed by atoms with Crippen LogP contribution in [0.4, 0.5) is 11.4 Å². The third-order valence-electron chi connectivity index (χ3n) is 5.94. The molecule has 0 bridgehead atoms. The summed E-state index contributed by atoms with van der Waals surface area (Å²) < 4.78 is 3.31. The normalized spacial score (nSPS) is 15.1. The second-order valence-electron chi connectivity index (χ2n) is 9.73. The zero-order valence-corrected chi connectivity index (χ0v) is 20.1. The van der Waals surface area contributed by atoms with Crippen LogP contribution in [0.25, 0.3) is 16.8 Å². The summed E-state index contributed by atoms with van der Waals surface area (Å²) in [4.78, 5) is 36.4. The van der Waals surface area contributed by atoms with Crippen molar-refractivity contribution in [1.82, 2.24) is 34.3 Å². The van der Waals surface area contributed by atoms with Crippen molar-refractivity contribution in [2.75, 3.05) is 30.3 Å². The highest BCUT2D eigenvalue weighted by atomic mass is 16.2. The molecule has 1 aliphatic rings. The lowest BCUT2D eigenvalue weighted by molar-refractivity contribution is -0.120. The molecule has 5 heterocycles. The Hall–Kier alpha value is -4.12. The highest BCUT2D eigenvalue weighted by molar-refractivity contribution is 6.09. The number of aromatic nitrogens is 6. The SMILES string of the molecule is Cc1ncc(NC(=O)CN2CC(C)(C)C2)cc1NC(=O)c1cnn2cc(-c3cnn(C)c3)ncc12. The van der Waals surface area contributed by atoms with Crippen LogP contribution >= 0.6 is 0 Å². The van der Waals surface area contributed by atoms with Gasteiger partial charge in [0.2, 0.25) is 5.91 Å². The third kappa shape index (κ3) is 4.76. The lowest BCUT2D eigenvalue weighted by atomic mass is 9.84. The molecular formula is C24H27N9O2. The topological polar surface area (TPSA) is 122 Å². The molecule has 0 unspecified atom stereocenters. The molecule has 180 valence electrons. The molecule has 11 heteroatoms. The molecule has 0 aromatic carbocycles. The number of hydrogen-bond acceptors (Lipinski definition) is 7. The number of nitrogens with one attached hydrogen (secondary N) is 2. The fourth-order valence-electron chi connectivity index (χ4n) is 4.36. The average Bonchev–Trinajstić information content (AvgIpc) is 3.40. The first-order chi connectivity index (χ1) is 16.7. The van der Waals surface area contributed by atoms with Gasteiger partial charge in [-0.1, -0.05) is 13.8 Å². The molecule has 0 atom stereocenters. The molecule has 0 aliphatic carbocycles. The first-order valence-electron chi connectivity index (χ1n) is 11.3. The van der Waals surface area contributed by atoms with Crippen molar-refractivity contribution in [1.29, 1.82) is 0 Å². The Kier molecular flexibility index (Phi) is 5.56. The molecule has 2 N–H and O–H groups in total. The van der Waals surface area contributed by atoms with Crippen molar-refractivity contribution in [2.24, 2.45) is 12.5 Å². The lowest BCUT2D eigenvalue weighted by Crippen LogP contribution is -2.54. The summed E-state index contributed by atoms with van der Waals surface area (Å²) in [6.45, 7) is 8.27. The average molecular weight is 474 g/mol. The van der Waals surface area contributed by atoms with Gasteiger partial charge in [0, 0.05) is 31.9 Å². The highest BCUT2D eigenvalue weighted by Gasteiger charge is 2.34. The van der Waals surface area contributed by atoms with Gasteiger partial charge in [0.1, 0.15) is 0 Å². The van der Waals surface area contributed by atoms with E-state index in [-0.39, 0.29) is 17.2 Å². The largest absolute Gasteiger partial charge is 0.324 e. The number of anilines is 2. The Morgan fingerprint density at radius 2 is 1.83 bits per heavy atom. The van der Waals surface area contributed by atoms with E-state index in [9.17, 15) is 9.59 Å². The van der Waals surface area contributed by atoms with E-state index in [2.05, 4.69) is 49.5 Å². The second kappa shape index (κ2) is 8.58. The van der Waals surface area contributed by atoms with Gasteiger partial charge in [0.15, 0.2) is 0 Å². The number of hydrogen-bond donors (Lipinski definition) is 2. The molecule has 1 aliphatic heterocycles. The highest BCUT2D eigenvalue weighted by Crippen LogP contribution is 2.28. The predicted molar refractivity (Wildman–Crippen MR) is 131 cm³/mol. The third-order valence-corrected chi connectivity index (χ3v) is 5.94. The number of carbonyl (C=O) groups excluding carboxylic acids is 2. The van der Waals surface area contributed by atoms with Crippen molar-refractivity contribution >= 4 is 28.7 Å². The molecule has 1 saturated heterocycles. The van der Waals surface area contributed by atoms with Crippen molar-refractivity contribution in [3.05, 3.63) is 54.5 Å². The van der Waals surface area contributed by atoms with Gasteiger partial charge in [0.25, 0.3) is 5.91 Å². The smallest absolute Gasteiger partial charge is 0.259 e. The predicted octanol–water partition coefficient (Wildman–Crippen LogP) is 2.37. The van der Waals surface area contributed by atoms with E-state index in [1.807, 2.05) is 13.2 Å². The lowest BCUT2D eigenvalue weighted by Gasteiger charge is -2.45. The molecule has 0 spiro atoms. The van der Waals surface area contributed by atoms with Gasteiger partial charge in [-0.15, -0.1) is 0 Å². The minimum absolute atomic E-state index is 0.110. The Bertz CT molecular complexity index is 1430. The van der Waals surface area contributed by atoms with Crippen LogP contribution in [0.15, 0.2) is 43.2 Å². The van der Waals surface area contributed by atoms with Crippen LogP contribution in [-0.4, -0.2) is 65.7 Å². The zero-order valence-electron chi connectivity index (χ0n) is 20.1. The molecule has 4 aromatic heterocycles. The Morgan fingerprint density at radius 1 is 1.03 bits per heavy atom. The molecule has 35 heavy (non-hydrogen) atoms. The molecule has 0 radical (unpaired) electrons. The summed E-state index contributed by atoms with van der Waals surface area (Å²) in [7, 11) is 1.84. The van der Waals surface area contributed by atoms with E-state index < -0.39 is 0 Å². The van der Waals surface area contributed by atoms with Crippen LogP contribution in [0.1, 0.15) is 29.9 Å². The van der Waals surface area contributed by atoms with E-state index in [1.54, 1.807) is 47.0 Å². The monoisotopic (exact) mass is 473 g/mol. The number of amides is 2. The van der Waals surface area contributed by atoms with E-state index in [0.717, 1.165) is 18.7 Å². The summed E-state index contributed by atoms with van der Waals surface area (Å²) >= 11 is 0. The van der Waals surface area contributed by atoms with Gasteiger partial charge in [-0.2, -0.15) is 10.2 Å². The summed E-state index contributed by atoms with van der Waals surface area (Å²) in [5.41, 5.74) is 4.44. The summed E-state index contributed by atoms with van der Waals surface area (Å²) in [5, 5.41) is 14.2. The van der Waals surface area contributed by atoms with Crippen LogP contribution in [0, 0.1) is 12.3 Å². The number of fused-ring (bicyclic) bond motifs is 1. The number of carbonyl (C=O) groups is 2. The van der Waals surface area contributed by atoms with Crippen LogP contribution in [0.2, 0.25) is 0 Å². The van der Waals surface area contributed by atoms with E-state index in [4.69, 9.17) is 0 Å². The van der Waals surface area contributed by atoms with Crippen molar-refractivity contribution in [2.45, 2.75) is 20.8 Å². The van der Waals surface area contributed by atoms with Crippen molar-refractivity contribution < 1.29 is 9.59 Å². The number of likely N-dealkylation sites (tertiary alicyclic amines) is 1. The fourth-order valence-corrected chi connectivity index (χ4v) is 4.36. The van der Waals surface area contributed by atoms with E-state index >= 15 is 0 Å². The maximum Gasteiger partial charge on any atom is 0.259 e. The maximum atomic E-state index is 13.1. The zero-order chi connectivity index (χ0) is 24.7. The Labute approximate surface area is 202 Å². The Morgan fingerprint density at radius 3 is 2.54 bits per heavy atom. The number of pyridine rings is 1. The first kappa shape index (κ1) is 22.7. The standard InChI is InChI=1S/C24H27N9O2/c1-15-19(5-17(7-25-15)29-22(34)12-32-13-24(2,3)14-32)30-23(35)18-8-28-33-11-20(26-9-21(18)33)16-6-27-31(4)10-16/h5-11H,12-14H2,1-4H3,(H,29,34)(H,30,35). The molecule has 11 nitrogen and oxygen atoms in total. The van der Waals surface area contributed by atoms with Gasteiger partial charge >= 0.3 is 0 Å². The molecule has 5 rings (SSSR count). The van der Waals surface area contributed by atoms with E-state index in [1.165, 1.54) is 6.20 Å². The van der Waals surface area contributed by atoms with E-state index in [0.29, 0.717) is 40.4 Å². The molecule has 2 amide bonds. The fraction of sp³-hybridized carbons (Fsp3) is 0.333. The van der Waals surface area contributed by atoms with Crippen LogP contribution in [0.3, 0.4) is 0 Å². The molecular weight excluding hydrogens is 446 g/mol. The minimum Gasteiger partial charge on any atom is -0.324 e. The number of rotatable bonds is 6. The van der Waals surface area contributed by atoms with Crippen LogP contribution in [0.5, 0.6) is 0 Å². The van der Waals surface area contributed by atoms with Gasteiger partial charge in [-0.25, -0.2) is 4.52 Å². The minimum atomic E-state index is -0.341. The quantitative estimate of drug-likeness (QED) is 0.441. The summed E-state index contributed by atoms with van der Waals surface area (Å²) in [6, 6.07) is 1.71. The number of aryl methyl sites for hydroxylation is 2. The van der Waals surface area contributed by atoms with Crippen LogP contribution in [-0.2, 0) is 11.8 Å². The first-order valence-corrected chi connectivity index (χ1v) is 11.3. The second-order valence-corrected chi connectivity index (χ2v) is 9.73. The van der Waals surface area contributed by atoms with Crippen LogP contribution < -0.4 is 10.6 Å². The maximum absolute atomic E-state index is 13.1. The number of nitrogens with zero attached hydrogens (tertiary/aromatic N) is 7. The van der Waals surface area contributed by atoms with Crippen molar-refractivity contribution in [3.63, 3.8) is 0 Å². The molecule has 0 saturated carbocycles. The molecule has 1 fully saturated rings. The van der Waals surface area contributed by atoms with Gasteiger partial charge in [-0.05, 0) is 18.4 Å². The molecule has 4 aromatic rings. The summed E-state index contributed by atoms with van der Waals surface area (Å²) in [6.07, 6.45) is 10.0. The van der Waals surface area contributed by atoms with Crippen molar-refractivity contribution in [3.8, 4) is 11.3 Å². The van der Waals surface area contributed by atoms with Gasteiger partial charge < -0.3 is 10.6 Å². The van der Waals surface area contributed by atoms with Gasteiger partial charge in [0.05, 0.1) is 71.4 Å². The summed E-state index contributed by atoms with van der Waals surface area (Å²) in [5.74, 6) is -0.450.